The standard InChI is InChI=1S/C7H9NO7/c1-3(8)5(10)13-6(11)7(12)15-14-4(2)9/h3H,8H2,1-2H3. The molecule has 8 heteroatoms. The summed E-state index contributed by atoms with van der Waals surface area (Å²) in [6.07, 6.45) is 0. The fourth-order valence-electron chi connectivity index (χ4n) is 0.357. The summed E-state index contributed by atoms with van der Waals surface area (Å²) in [5.41, 5.74) is 5.04. The van der Waals surface area contributed by atoms with Crippen molar-refractivity contribution in [2.45, 2.75) is 19.9 Å². The van der Waals surface area contributed by atoms with Gasteiger partial charge >= 0.3 is 23.9 Å². The molecule has 0 heterocycles. The Morgan fingerprint density at radius 2 is 1.60 bits per heavy atom. The van der Waals surface area contributed by atoms with Crippen molar-refractivity contribution >= 4 is 23.9 Å². The quantitative estimate of drug-likeness (QED) is 0.184. The van der Waals surface area contributed by atoms with Gasteiger partial charge in [-0.05, 0) is 6.92 Å². The van der Waals surface area contributed by atoms with Crippen LogP contribution >= 0.6 is 0 Å². The molecule has 0 saturated carbocycles. The van der Waals surface area contributed by atoms with Crippen molar-refractivity contribution in [3.63, 3.8) is 0 Å². The minimum atomic E-state index is -1.63. The van der Waals surface area contributed by atoms with Gasteiger partial charge in [0.15, 0.2) is 0 Å². The maximum atomic E-state index is 10.7. The first kappa shape index (κ1) is 13.0. The Kier molecular flexibility index (Phi) is 4.96. The fraction of sp³-hybridized carbons (Fsp3) is 0.429. The molecule has 0 aromatic rings. The van der Waals surface area contributed by atoms with Gasteiger partial charge in [0.25, 0.3) is 0 Å². The average Bonchev–Trinajstić information content (AvgIpc) is 2.13. The van der Waals surface area contributed by atoms with E-state index in [9.17, 15) is 19.2 Å². The van der Waals surface area contributed by atoms with Crippen LogP contribution < -0.4 is 5.73 Å². The van der Waals surface area contributed by atoms with Gasteiger partial charge in [0.1, 0.15) is 6.04 Å². The normalized spacial score (nSPS) is 11.1. The lowest BCUT2D eigenvalue weighted by Gasteiger charge is -2.03. The molecule has 0 aliphatic heterocycles. The number of esters is 2. The van der Waals surface area contributed by atoms with Crippen LogP contribution in [0, 0.1) is 0 Å². The highest BCUT2D eigenvalue weighted by Crippen LogP contribution is 1.90. The van der Waals surface area contributed by atoms with Crippen LogP contribution in [0.5, 0.6) is 0 Å². The summed E-state index contributed by atoms with van der Waals surface area (Å²) in [5.74, 6) is -5.27. The van der Waals surface area contributed by atoms with E-state index in [1.807, 2.05) is 0 Å². The topological polar surface area (TPSA) is 122 Å². The van der Waals surface area contributed by atoms with Gasteiger partial charge in [-0.25, -0.2) is 29.0 Å². The number of nitrogens with two attached hydrogens (primary N) is 1. The second-order valence-corrected chi connectivity index (χ2v) is 2.44. The van der Waals surface area contributed by atoms with E-state index in [2.05, 4.69) is 14.5 Å². The Morgan fingerprint density at radius 3 is 2.00 bits per heavy atom. The first-order chi connectivity index (χ1) is 6.84. The van der Waals surface area contributed by atoms with Gasteiger partial charge in [-0.2, -0.15) is 0 Å². The molecule has 0 amide bonds. The molecule has 0 rings (SSSR count). The highest BCUT2D eigenvalue weighted by atomic mass is 17.2. The Labute approximate surface area is 84.2 Å². The molecule has 0 spiro atoms. The molecule has 0 fully saturated rings. The molecule has 1 atom stereocenters. The maximum absolute atomic E-state index is 10.7. The summed E-state index contributed by atoms with van der Waals surface area (Å²) in [7, 11) is 0. The van der Waals surface area contributed by atoms with Gasteiger partial charge < -0.3 is 10.5 Å². The summed E-state index contributed by atoms with van der Waals surface area (Å²) in [5, 5.41) is 0. The fourth-order valence-corrected chi connectivity index (χ4v) is 0.357. The highest BCUT2D eigenvalue weighted by molar-refractivity contribution is 6.31. The van der Waals surface area contributed by atoms with Crippen LogP contribution in [0.2, 0.25) is 0 Å². The summed E-state index contributed by atoms with van der Waals surface area (Å²) in [6.45, 7) is 2.21. The third kappa shape index (κ3) is 5.37. The molecule has 15 heavy (non-hydrogen) atoms. The van der Waals surface area contributed by atoms with E-state index in [0.29, 0.717) is 0 Å². The summed E-state index contributed by atoms with van der Waals surface area (Å²) in [6, 6.07) is -1.06. The van der Waals surface area contributed by atoms with Crippen LogP contribution in [0.25, 0.3) is 0 Å². The first-order valence-corrected chi connectivity index (χ1v) is 3.75. The number of carbonyl (C=O) groups excluding carboxylic acids is 4. The van der Waals surface area contributed by atoms with E-state index < -0.39 is 29.9 Å². The lowest BCUT2D eigenvalue weighted by Crippen LogP contribution is -2.33. The number of ether oxygens (including phenoxy) is 1. The molecule has 0 aliphatic carbocycles. The van der Waals surface area contributed by atoms with E-state index in [4.69, 9.17) is 5.73 Å². The molecule has 8 nitrogen and oxygen atoms in total. The van der Waals surface area contributed by atoms with Crippen molar-refractivity contribution in [3.8, 4) is 0 Å². The van der Waals surface area contributed by atoms with Crippen molar-refractivity contribution in [1.29, 1.82) is 0 Å². The minimum Gasteiger partial charge on any atom is -0.383 e. The zero-order valence-electron chi connectivity index (χ0n) is 8.01. The second kappa shape index (κ2) is 5.70. The van der Waals surface area contributed by atoms with Crippen LogP contribution in [0.3, 0.4) is 0 Å². The van der Waals surface area contributed by atoms with Crippen LogP contribution in [0.4, 0.5) is 0 Å². The lowest BCUT2D eigenvalue weighted by molar-refractivity contribution is -0.257. The predicted octanol–water partition coefficient (Wildman–Crippen LogP) is -1.58. The van der Waals surface area contributed by atoms with Gasteiger partial charge in [-0.1, -0.05) is 0 Å². The summed E-state index contributed by atoms with van der Waals surface area (Å²) >= 11 is 0. The van der Waals surface area contributed by atoms with Gasteiger partial charge in [-0.15, -0.1) is 0 Å². The van der Waals surface area contributed by atoms with Gasteiger partial charge in [0.05, 0.1) is 0 Å². The second-order valence-electron chi connectivity index (χ2n) is 2.44. The third-order valence-corrected chi connectivity index (χ3v) is 0.966. The number of rotatable bonds is 1. The smallest absolute Gasteiger partial charge is 0.383 e. The minimum absolute atomic E-state index is 0.935. The van der Waals surface area contributed by atoms with Crippen LogP contribution in [0.15, 0.2) is 0 Å². The van der Waals surface area contributed by atoms with E-state index in [-0.39, 0.29) is 0 Å². The zero-order chi connectivity index (χ0) is 12.0. The third-order valence-electron chi connectivity index (χ3n) is 0.966. The zero-order valence-corrected chi connectivity index (χ0v) is 8.01. The van der Waals surface area contributed by atoms with E-state index >= 15 is 0 Å². The van der Waals surface area contributed by atoms with Crippen LogP contribution in [-0.2, 0) is 33.7 Å². The van der Waals surface area contributed by atoms with Crippen molar-refractivity contribution in [1.82, 2.24) is 0 Å². The molecular weight excluding hydrogens is 210 g/mol. The molecule has 0 aromatic carbocycles. The van der Waals surface area contributed by atoms with Crippen LogP contribution in [0.1, 0.15) is 13.8 Å². The SMILES string of the molecule is CC(=O)OOC(=O)C(=O)OC(=O)C(C)N. The van der Waals surface area contributed by atoms with E-state index in [1.165, 1.54) is 6.92 Å². The summed E-state index contributed by atoms with van der Waals surface area (Å²) < 4.78 is 3.94. The number of hydrogen-bond acceptors (Lipinski definition) is 8. The van der Waals surface area contributed by atoms with Gasteiger partial charge in [0.2, 0.25) is 0 Å². The first-order valence-electron chi connectivity index (χ1n) is 3.75. The van der Waals surface area contributed by atoms with Gasteiger partial charge in [0, 0.05) is 6.92 Å². The van der Waals surface area contributed by atoms with Crippen molar-refractivity contribution in [3.05, 3.63) is 0 Å². The molecule has 1 unspecified atom stereocenters. The molecule has 0 bridgehead atoms. The van der Waals surface area contributed by atoms with Crippen molar-refractivity contribution in [2.24, 2.45) is 5.73 Å². The van der Waals surface area contributed by atoms with Crippen molar-refractivity contribution < 1.29 is 33.7 Å². The molecular formula is C7H9NO7. The Hall–Kier alpha value is -1.96. The molecule has 0 aliphatic rings. The molecule has 0 saturated heterocycles. The summed E-state index contributed by atoms with van der Waals surface area (Å²) in [4.78, 5) is 49.6. The molecule has 84 valence electrons. The van der Waals surface area contributed by atoms with E-state index in [1.54, 1.807) is 0 Å². The molecule has 2 N–H and O–H groups in total. The van der Waals surface area contributed by atoms with E-state index in [0.717, 1.165) is 6.92 Å². The largest absolute Gasteiger partial charge is 0.463 e. The number of carbonyl (C=O) groups is 4. The lowest BCUT2D eigenvalue weighted by atomic mass is 10.4. The van der Waals surface area contributed by atoms with Gasteiger partial charge in [-0.3, -0.25) is 0 Å². The predicted molar refractivity (Wildman–Crippen MR) is 42.6 cm³/mol. The van der Waals surface area contributed by atoms with Crippen molar-refractivity contribution in [2.75, 3.05) is 0 Å². The average molecular weight is 219 g/mol. The molecule has 0 radical (unpaired) electrons. The number of hydrogen-bond donors (Lipinski definition) is 1. The Morgan fingerprint density at radius 1 is 1.07 bits per heavy atom. The van der Waals surface area contributed by atoms with Crippen LogP contribution in [-0.4, -0.2) is 29.9 Å². The highest BCUT2D eigenvalue weighted by Gasteiger charge is 2.24. The maximum Gasteiger partial charge on any atom is 0.463 e. The molecule has 0 aromatic heterocycles. The Bertz CT molecular complexity index is 296. The Balaban J connectivity index is 4.05. The monoisotopic (exact) mass is 219 g/mol.